The van der Waals surface area contributed by atoms with Crippen LogP contribution in [0.4, 0.5) is 0 Å². The number of para-hydroxylation sites is 2. The minimum absolute atomic E-state index is 0.0136. The highest BCUT2D eigenvalue weighted by molar-refractivity contribution is 7.91. The summed E-state index contributed by atoms with van der Waals surface area (Å²) >= 11 is 6.03. The van der Waals surface area contributed by atoms with Crippen molar-refractivity contribution in [2.75, 3.05) is 12.3 Å². The van der Waals surface area contributed by atoms with Gasteiger partial charge in [-0.2, -0.15) is 0 Å². The predicted octanol–water partition coefficient (Wildman–Crippen LogP) is 2.20. The molecule has 0 amide bonds. The van der Waals surface area contributed by atoms with Crippen LogP contribution in [0.25, 0.3) is 11.0 Å². The standard InChI is InChI=1S/C14H16ClN3O2S/c15-13-14(18-12-7-2-1-6-11(12)17-13)21(19,20)9-10-5-3-4-8-16-10/h1-2,6-7,10,16H,3-5,8-9H2/t10-/m1/s1. The number of hydrogen-bond donors (Lipinski definition) is 1. The number of aromatic nitrogens is 2. The fourth-order valence-electron chi connectivity index (χ4n) is 2.57. The van der Waals surface area contributed by atoms with E-state index in [1.54, 1.807) is 18.2 Å². The highest BCUT2D eigenvalue weighted by Crippen LogP contribution is 2.23. The molecule has 1 aromatic heterocycles. The van der Waals surface area contributed by atoms with Gasteiger partial charge in [-0.05, 0) is 31.5 Å². The van der Waals surface area contributed by atoms with Gasteiger partial charge in [-0.25, -0.2) is 18.4 Å². The van der Waals surface area contributed by atoms with Crippen molar-refractivity contribution in [2.45, 2.75) is 30.3 Å². The Morgan fingerprint density at radius 3 is 2.57 bits per heavy atom. The molecule has 0 radical (unpaired) electrons. The molecule has 112 valence electrons. The zero-order valence-electron chi connectivity index (χ0n) is 11.4. The first-order valence-corrected chi connectivity index (χ1v) is 8.98. The van der Waals surface area contributed by atoms with E-state index in [4.69, 9.17) is 11.6 Å². The van der Waals surface area contributed by atoms with E-state index in [1.165, 1.54) is 0 Å². The maximum Gasteiger partial charge on any atom is 0.200 e. The van der Waals surface area contributed by atoms with Crippen molar-refractivity contribution in [2.24, 2.45) is 0 Å². The van der Waals surface area contributed by atoms with Gasteiger partial charge in [0, 0.05) is 6.04 Å². The van der Waals surface area contributed by atoms with Gasteiger partial charge in [0.05, 0.1) is 16.8 Å². The molecule has 0 saturated carbocycles. The lowest BCUT2D eigenvalue weighted by molar-refractivity contribution is 0.423. The van der Waals surface area contributed by atoms with Crippen LogP contribution in [0.1, 0.15) is 19.3 Å². The molecular weight excluding hydrogens is 310 g/mol. The third kappa shape index (κ3) is 3.17. The Hall–Kier alpha value is -1.24. The zero-order chi connectivity index (χ0) is 14.9. The molecule has 1 aromatic carbocycles. The SMILES string of the molecule is O=S(=O)(C[C@H]1CCCCN1)c1nc2ccccc2nc1Cl. The van der Waals surface area contributed by atoms with E-state index in [9.17, 15) is 8.42 Å². The lowest BCUT2D eigenvalue weighted by atomic mass is 10.1. The Morgan fingerprint density at radius 2 is 1.90 bits per heavy atom. The van der Waals surface area contributed by atoms with Crippen LogP contribution in [0.5, 0.6) is 0 Å². The number of halogens is 1. The second-order valence-corrected chi connectivity index (χ2v) is 7.54. The van der Waals surface area contributed by atoms with E-state index >= 15 is 0 Å². The predicted molar refractivity (Wildman–Crippen MR) is 82.2 cm³/mol. The molecule has 7 heteroatoms. The summed E-state index contributed by atoms with van der Waals surface area (Å²) in [6, 6.07) is 7.06. The van der Waals surface area contributed by atoms with Gasteiger partial charge in [0.2, 0.25) is 0 Å². The summed E-state index contributed by atoms with van der Waals surface area (Å²) in [4.78, 5) is 8.34. The van der Waals surface area contributed by atoms with Gasteiger partial charge in [0.1, 0.15) is 0 Å². The second-order valence-electron chi connectivity index (χ2n) is 5.24. The maximum atomic E-state index is 12.5. The summed E-state index contributed by atoms with van der Waals surface area (Å²) in [5, 5.41) is 3.06. The average molecular weight is 326 g/mol. The molecule has 0 spiro atoms. The van der Waals surface area contributed by atoms with Gasteiger partial charge in [-0.15, -0.1) is 0 Å². The first-order valence-electron chi connectivity index (χ1n) is 6.95. The Morgan fingerprint density at radius 1 is 1.19 bits per heavy atom. The molecule has 1 aliphatic rings. The first kappa shape index (κ1) is 14.7. The van der Waals surface area contributed by atoms with Crippen molar-refractivity contribution in [3.8, 4) is 0 Å². The van der Waals surface area contributed by atoms with Gasteiger partial charge in [-0.1, -0.05) is 30.2 Å². The minimum atomic E-state index is -3.55. The van der Waals surface area contributed by atoms with Gasteiger partial charge in [-0.3, -0.25) is 0 Å². The number of nitrogens with one attached hydrogen (secondary N) is 1. The molecule has 2 heterocycles. The molecule has 5 nitrogen and oxygen atoms in total. The summed E-state index contributed by atoms with van der Waals surface area (Å²) in [6.45, 7) is 0.858. The monoisotopic (exact) mass is 325 g/mol. The molecule has 1 N–H and O–H groups in total. The van der Waals surface area contributed by atoms with Crippen LogP contribution >= 0.6 is 11.6 Å². The molecule has 0 aliphatic carbocycles. The Balaban J connectivity index is 1.95. The van der Waals surface area contributed by atoms with Crippen LogP contribution in [0.15, 0.2) is 29.3 Å². The third-order valence-electron chi connectivity index (χ3n) is 3.63. The minimum Gasteiger partial charge on any atom is -0.313 e. The number of piperidine rings is 1. The van der Waals surface area contributed by atoms with E-state index in [0.29, 0.717) is 11.0 Å². The quantitative estimate of drug-likeness (QED) is 0.936. The number of fused-ring (bicyclic) bond motifs is 1. The topological polar surface area (TPSA) is 72.0 Å². The second kappa shape index (κ2) is 5.87. The van der Waals surface area contributed by atoms with Crippen LogP contribution in [-0.4, -0.2) is 36.7 Å². The van der Waals surface area contributed by atoms with E-state index in [2.05, 4.69) is 15.3 Å². The first-order chi connectivity index (χ1) is 10.1. The zero-order valence-corrected chi connectivity index (χ0v) is 13.0. The van der Waals surface area contributed by atoms with Crippen LogP contribution < -0.4 is 5.32 Å². The molecule has 1 aliphatic heterocycles. The smallest absolute Gasteiger partial charge is 0.200 e. The van der Waals surface area contributed by atoms with Crippen molar-refractivity contribution in [3.63, 3.8) is 0 Å². The molecule has 2 aromatic rings. The van der Waals surface area contributed by atoms with E-state index in [1.807, 2.05) is 6.07 Å². The number of rotatable bonds is 3. The van der Waals surface area contributed by atoms with E-state index in [0.717, 1.165) is 25.8 Å². The van der Waals surface area contributed by atoms with Crippen LogP contribution in [0.3, 0.4) is 0 Å². The molecule has 0 unspecified atom stereocenters. The van der Waals surface area contributed by atoms with E-state index < -0.39 is 9.84 Å². The average Bonchev–Trinajstić information content (AvgIpc) is 2.47. The highest BCUT2D eigenvalue weighted by atomic mass is 35.5. The van der Waals surface area contributed by atoms with Gasteiger partial charge in [0.15, 0.2) is 20.0 Å². The molecule has 1 fully saturated rings. The molecule has 1 saturated heterocycles. The number of sulfone groups is 1. The summed E-state index contributed by atoms with van der Waals surface area (Å²) in [7, 11) is -3.55. The summed E-state index contributed by atoms with van der Waals surface area (Å²) in [5.41, 5.74) is 1.13. The number of nitrogens with zero attached hydrogens (tertiary/aromatic N) is 2. The Kier molecular flexibility index (Phi) is 4.10. The largest absolute Gasteiger partial charge is 0.313 e. The summed E-state index contributed by atoms with van der Waals surface area (Å²) < 4.78 is 25.1. The summed E-state index contributed by atoms with van der Waals surface area (Å²) in [5.74, 6) is 0.0136. The van der Waals surface area contributed by atoms with Crippen molar-refractivity contribution in [1.82, 2.24) is 15.3 Å². The van der Waals surface area contributed by atoms with Crippen LogP contribution in [0.2, 0.25) is 5.15 Å². The fraction of sp³-hybridized carbons (Fsp3) is 0.429. The molecular formula is C14H16ClN3O2S. The third-order valence-corrected chi connectivity index (χ3v) is 5.72. The highest BCUT2D eigenvalue weighted by Gasteiger charge is 2.27. The van der Waals surface area contributed by atoms with Crippen molar-refractivity contribution < 1.29 is 8.42 Å². The van der Waals surface area contributed by atoms with Crippen molar-refractivity contribution in [3.05, 3.63) is 29.4 Å². The number of benzene rings is 1. The van der Waals surface area contributed by atoms with Gasteiger partial charge in [0.25, 0.3) is 0 Å². The summed E-state index contributed by atoms with van der Waals surface area (Å²) in [6.07, 6.45) is 3.00. The molecule has 0 bridgehead atoms. The lowest BCUT2D eigenvalue weighted by Gasteiger charge is -2.23. The molecule has 3 rings (SSSR count). The van der Waals surface area contributed by atoms with Gasteiger partial charge >= 0.3 is 0 Å². The maximum absolute atomic E-state index is 12.5. The lowest BCUT2D eigenvalue weighted by Crippen LogP contribution is -2.39. The molecule has 1 atom stereocenters. The Labute approximate surface area is 128 Å². The van der Waals surface area contributed by atoms with Crippen LogP contribution in [0, 0.1) is 0 Å². The Bertz CT molecular complexity index is 758. The van der Waals surface area contributed by atoms with Crippen molar-refractivity contribution in [1.29, 1.82) is 0 Å². The number of hydrogen-bond acceptors (Lipinski definition) is 5. The molecule has 21 heavy (non-hydrogen) atoms. The normalized spacial score (nSPS) is 19.8. The fourth-order valence-corrected chi connectivity index (χ4v) is 4.57. The van der Waals surface area contributed by atoms with Crippen molar-refractivity contribution >= 4 is 32.5 Å². The van der Waals surface area contributed by atoms with Gasteiger partial charge < -0.3 is 5.32 Å². The van der Waals surface area contributed by atoms with Crippen LogP contribution in [-0.2, 0) is 9.84 Å². The van der Waals surface area contributed by atoms with E-state index in [-0.39, 0.29) is 22.0 Å².